The van der Waals surface area contributed by atoms with Crippen molar-refractivity contribution in [2.75, 3.05) is 7.05 Å². The smallest absolute Gasteiger partial charge is 0.251 e. The van der Waals surface area contributed by atoms with E-state index in [2.05, 4.69) is 10.0 Å². The van der Waals surface area contributed by atoms with Crippen LogP contribution in [0.4, 0.5) is 0 Å². The second-order valence-electron chi connectivity index (χ2n) is 7.90. The normalized spacial score (nSPS) is 13.3. The summed E-state index contributed by atoms with van der Waals surface area (Å²) >= 11 is 0. The predicted molar refractivity (Wildman–Crippen MR) is 124 cm³/mol. The number of rotatable bonds is 10. The molecule has 0 bridgehead atoms. The summed E-state index contributed by atoms with van der Waals surface area (Å²) in [6, 6.07) is 11.7. The van der Waals surface area contributed by atoms with Gasteiger partial charge >= 0.3 is 0 Å². The van der Waals surface area contributed by atoms with Crippen LogP contribution >= 0.6 is 0 Å². The number of nitrogens with one attached hydrogen (secondary N) is 2. The molecule has 1 unspecified atom stereocenters. The minimum Gasteiger partial charge on any atom is -0.348 e. The van der Waals surface area contributed by atoms with Crippen molar-refractivity contribution in [1.82, 2.24) is 14.3 Å². The summed E-state index contributed by atoms with van der Waals surface area (Å²) in [5.41, 5.74) is 1.06. The van der Waals surface area contributed by atoms with E-state index >= 15 is 0 Å². The van der Waals surface area contributed by atoms with E-state index in [4.69, 9.17) is 0 Å². The lowest BCUT2D eigenvalue weighted by Gasteiger charge is -2.21. The number of carbonyl (C=O) groups excluding carboxylic acids is 1. The predicted octanol–water partition coefficient (Wildman–Crippen LogP) is 2.72. The molecule has 0 aliphatic carbocycles. The number of hydrogen-bond acceptors (Lipinski definition) is 5. The number of amides is 1. The first-order chi connectivity index (χ1) is 14.9. The average molecular weight is 482 g/mol. The molecule has 0 heterocycles. The van der Waals surface area contributed by atoms with Crippen molar-refractivity contribution in [3.8, 4) is 0 Å². The fourth-order valence-corrected chi connectivity index (χ4v) is 5.40. The molecule has 2 rings (SSSR count). The van der Waals surface area contributed by atoms with E-state index < -0.39 is 20.0 Å². The lowest BCUT2D eigenvalue weighted by molar-refractivity contribution is 0.0950. The third-order valence-corrected chi connectivity index (χ3v) is 8.83. The summed E-state index contributed by atoms with van der Waals surface area (Å²) in [7, 11) is -5.66. The molecule has 0 aromatic heterocycles. The summed E-state index contributed by atoms with van der Waals surface area (Å²) in [5, 5.41) is 2.75. The number of nitrogens with zero attached hydrogens (tertiary/aromatic N) is 1. The number of benzene rings is 2. The van der Waals surface area contributed by atoms with Crippen LogP contribution in [0.2, 0.25) is 0 Å². The van der Waals surface area contributed by atoms with Gasteiger partial charge in [-0.3, -0.25) is 4.79 Å². The molecule has 0 spiro atoms. The molecule has 0 fully saturated rings. The van der Waals surface area contributed by atoms with Gasteiger partial charge in [-0.1, -0.05) is 19.1 Å². The van der Waals surface area contributed by atoms with E-state index in [1.807, 2.05) is 6.92 Å². The molecule has 0 radical (unpaired) electrons. The van der Waals surface area contributed by atoms with Gasteiger partial charge in [0.25, 0.3) is 5.91 Å². The molecule has 2 aromatic rings. The first-order valence-corrected chi connectivity index (χ1v) is 13.3. The highest BCUT2D eigenvalue weighted by Crippen LogP contribution is 2.17. The molecule has 0 saturated heterocycles. The summed E-state index contributed by atoms with van der Waals surface area (Å²) in [5.74, 6) is -0.361. The van der Waals surface area contributed by atoms with Crippen molar-refractivity contribution in [2.45, 2.75) is 62.5 Å². The van der Waals surface area contributed by atoms with Crippen molar-refractivity contribution in [2.24, 2.45) is 0 Å². The summed E-state index contributed by atoms with van der Waals surface area (Å²) in [4.78, 5) is 12.7. The molecule has 0 aliphatic heterocycles. The van der Waals surface area contributed by atoms with Crippen LogP contribution in [0.5, 0.6) is 0 Å². The van der Waals surface area contributed by atoms with Crippen LogP contribution in [-0.2, 0) is 26.6 Å². The Morgan fingerprint density at radius 3 is 1.94 bits per heavy atom. The molecule has 0 aliphatic rings. The maximum Gasteiger partial charge on any atom is 0.251 e. The third kappa shape index (κ3) is 6.38. The fourth-order valence-electron chi connectivity index (χ4n) is 2.71. The Labute approximate surface area is 191 Å². The Bertz CT molecular complexity index is 1130. The first kappa shape index (κ1) is 26.0. The molecule has 1 atom stereocenters. The van der Waals surface area contributed by atoms with Crippen LogP contribution in [0.1, 0.15) is 50.0 Å². The van der Waals surface area contributed by atoms with Crippen LogP contribution < -0.4 is 10.0 Å². The molecular formula is C22H31N3O5S2. The Hall–Kier alpha value is -2.27. The zero-order valence-electron chi connectivity index (χ0n) is 19.0. The molecule has 2 aromatic carbocycles. The van der Waals surface area contributed by atoms with Crippen molar-refractivity contribution >= 4 is 26.0 Å². The largest absolute Gasteiger partial charge is 0.348 e. The van der Waals surface area contributed by atoms with E-state index in [1.54, 1.807) is 32.9 Å². The van der Waals surface area contributed by atoms with E-state index in [0.29, 0.717) is 12.0 Å². The van der Waals surface area contributed by atoms with Crippen LogP contribution in [0.3, 0.4) is 0 Å². The fraction of sp³-hybridized carbons (Fsp3) is 0.409. The molecule has 176 valence electrons. The van der Waals surface area contributed by atoms with Crippen molar-refractivity contribution in [3.63, 3.8) is 0 Å². The van der Waals surface area contributed by atoms with E-state index in [1.165, 1.54) is 47.8 Å². The average Bonchev–Trinajstić information content (AvgIpc) is 2.76. The van der Waals surface area contributed by atoms with E-state index in [9.17, 15) is 21.6 Å². The van der Waals surface area contributed by atoms with Crippen LogP contribution in [-0.4, -0.2) is 46.2 Å². The van der Waals surface area contributed by atoms with Gasteiger partial charge in [-0.05, 0) is 69.2 Å². The van der Waals surface area contributed by atoms with Gasteiger partial charge in [0, 0.05) is 31.2 Å². The first-order valence-electron chi connectivity index (χ1n) is 10.4. The van der Waals surface area contributed by atoms with Crippen LogP contribution in [0.25, 0.3) is 0 Å². The second kappa shape index (κ2) is 10.6. The van der Waals surface area contributed by atoms with E-state index in [0.717, 1.165) is 5.56 Å². The second-order valence-corrected chi connectivity index (χ2v) is 11.6. The Morgan fingerprint density at radius 1 is 0.906 bits per heavy atom. The van der Waals surface area contributed by atoms with Crippen molar-refractivity contribution < 1.29 is 21.6 Å². The van der Waals surface area contributed by atoms with Gasteiger partial charge in [-0.15, -0.1) is 0 Å². The lowest BCUT2D eigenvalue weighted by atomic mass is 10.2. The molecule has 1 amide bonds. The zero-order valence-corrected chi connectivity index (χ0v) is 20.6. The van der Waals surface area contributed by atoms with Crippen molar-refractivity contribution in [3.05, 3.63) is 59.7 Å². The molecule has 0 saturated carbocycles. The SMILES string of the molecule is CCC(C)NS(=O)(=O)c1ccc(C(=O)NCc2ccc(S(=O)(=O)N(C)C(C)C)cc2)cc1. The topological polar surface area (TPSA) is 113 Å². The van der Waals surface area contributed by atoms with E-state index in [-0.39, 0.29) is 34.3 Å². The summed E-state index contributed by atoms with van der Waals surface area (Å²) in [6.07, 6.45) is 0.668. The van der Waals surface area contributed by atoms with Gasteiger partial charge < -0.3 is 5.32 Å². The van der Waals surface area contributed by atoms with Gasteiger partial charge in [0.1, 0.15) is 0 Å². The minimum atomic E-state index is -3.63. The molecule has 2 N–H and O–H groups in total. The van der Waals surface area contributed by atoms with Gasteiger partial charge in [-0.25, -0.2) is 21.6 Å². The summed E-state index contributed by atoms with van der Waals surface area (Å²) < 4.78 is 53.5. The Kier molecular flexibility index (Phi) is 8.58. The standard InChI is InChI=1S/C22H31N3O5S2/c1-6-17(4)24-31(27,28)20-13-9-19(10-14-20)22(26)23-15-18-7-11-21(12-8-18)32(29,30)25(5)16(2)3/h7-14,16-17,24H,6,15H2,1-5H3,(H,23,26). The highest BCUT2D eigenvalue weighted by atomic mass is 32.2. The van der Waals surface area contributed by atoms with Gasteiger partial charge in [-0.2, -0.15) is 4.31 Å². The number of hydrogen-bond donors (Lipinski definition) is 2. The molecular weight excluding hydrogens is 450 g/mol. The molecule has 8 nitrogen and oxygen atoms in total. The quantitative estimate of drug-likeness (QED) is 0.542. The molecule has 32 heavy (non-hydrogen) atoms. The van der Waals surface area contributed by atoms with Gasteiger partial charge in [0.15, 0.2) is 0 Å². The zero-order chi connectivity index (χ0) is 24.1. The number of sulfonamides is 2. The maximum atomic E-state index is 12.5. The highest BCUT2D eigenvalue weighted by Gasteiger charge is 2.23. The monoisotopic (exact) mass is 481 g/mol. The van der Waals surface area contributed by atoms with Crippen LogP contribution in [0, 0.1) is 0 Å². The summed E-state index contributed by atoms with van der Waals surface area (Å²) in [6.45, 7) is 7.47. The van der Waals surface area contributed by atoms with Gasteiger partial charge in [0.2, 0.25) is 20.0 Å². The maximum absolute atomic E-state index is 12.5. The number of carbonyl (C=O) groups is 1. The molecule has 10 heteroatoms. The lowest BCUT2D eigenvalue weighted by Crippen LogP contribution is -2.33. The van der Waals surface area contributed by atoms with Gasteiger partial charge in [0.05, 0.1) is 9.79 Å². The third-order valence-electron chi connectivity index (χ3n) is 5.18. The highest BCUT2D eigenvalue weighted by molar-refractivity contribution is 7.89. The van der Waals surface area contributed by atoms with Crippen molar-refractivity contribution in [1.29, 1.82) is 0 Å². The Morgan fingerprint density at radius 2 is 1.44 bits per heavy atom. The van der Waals surface area contributed by atoms with Crippen LogP contribution in [0.15, 0.2) is 58.3 Å². The Balaban J connectivity index is 2.02. The minimum absolute atomic E-state index is 0.0949.